The Labute approximate surface area is 124 Å². The second kappa shape index (κ2) is 5.85. The molecule has 3 rings (SSSR count). The van der Waals surface area contributed by atoms with Gasteiger partial charge < -0.3 is 14.4 Å². The molecular weight excluding hydrogens is 266 g/mol. The number of aromatic nitrogens is 2. The van der Waals surface area contributed by atoms with Gasteiger partial charge in [0.15, 0.2) is 5.65 Å². The molecule has 1 N–H and O–H groups in total. The molecule has 1 atom stereocenters. The van der Waals surface area contributed by atoms with Crippen LogP contribution in [0, 0.1) is 5.92 Å². The summed E-state index contributed by atoms with van der Waals surface area (Å²) >= 11 is 0. The number of likely N-dealkylation sites (tertiary alicyclic amines) is 1. The minimum atomic E-state index is -0.924. The molecule has 0 aromatic carbocycles. The molecule has 1 unspecified atom stereocenters. The first kappa shape index (κ1) is 14.1. The number of piperidine rings is 1. The summed E-state index contributed by atoms with van der Waals surface area (Å²) < 4.78 is 1.82. The summed E-state index contributed by atoms with van der Waals surface area (Å²) in [5.41, 5.74) is 1.80. The van der Waals surface area contributed by atoms with Gasteiger partial charge in [-0.05, 0) is 50.4 Å². The molecule has 1 saturated heterocycles. The zero-order chi connectivity index (χ0) is 14.8. The van der Waals surface area contributed by atoms with Crippen LogP contribution >= 0.6 is 0 Å². The van der Waals surface area contributed by atoms with Crippen LogP contribution in [-0.2, 0) is 6.42 Å². The predicted octanol–water partition coefficient (Wildman–Crippen LogP) is 2.31. The summed E-state index contributed by atoms with van der Waals surface area (Å²) in [5.74, 6) is -0.301. The van der Waals surface area contributed by atoms with Gasteiger partial charge in [0.25, 0.3) is 0 Å². The van der Waals surface area contributed by atoms with Gasteiger partial charge >= 0.3 is 5.97 Å². The summed E-state index contributed by atoms with van der Waals surface area (Å²) in [6.07, 6.45) is 7.23. The molecule has 0 amide bonds. The molecule has 0 radical (unpaired) electrons. The van der Waals surface area contributed by atoms with Gasteiger partial charge in [-0.15, -0.1) is 0 Å². The Hall–Kier alpha value is -1.88. The lowest BCUT2D eigenvalue weighted by Crippen LogP contribution is -2.35. The molecule has 1 aliphatic rings. The largest absolute Gasteiger partial charge is 0.478 e. The normalized spacial score (nSPS) is 20.0. The Balaban J connectivity index is 1.81. The van der Waals surface area contributed by atoms with E-state index in [1.807, 2.05) is 16.8 Å². The van der Waals surface area contributed by atoms with E-state index < -0.39 is 5.97 Å². The lowest BCUT2D eigenvalue weighted by molar-refractivity contribution is 0.0698. The number of carboxylic acids is 1. The maximum Gasteiger partial charge on any atom is 0.339 e. The monoisotopic (exact) mass is 287 g/mol. The highest BCUT2D eigenvalue weighted by Gasteiger charge is 2.20. The Bertz CT molecular complexity index is 650. The maximum atomic E-state index is 11.2. The predicted molar refractivity (Wildman–Crippen MR) is 80.7 cm³/mol. The number of aromatic carboxylic acids is 1. The molecule has 1 aliphatic heterocycles. The van der Waals surface area contributed by atoms with Crippen LogP contribution in [0.25, 0.3) is 5.65 Å². The third-order valence-electron chi connectivity index (χ3n) is 4.31. The lowest BCUT2D eigenvalue weighted by atomic mass is 9.94. The van der Waals surface area contributed by atoms with Crippen molar-refractivity contribution in [3.8, 4) is 0 Å². The zero-order valence-corrected chi connectivity index (χ0v) is 12.3. The molecule has 112 valence electrons. The SMILES string of the molecule is CCN1CCCC(Cc2cn3cccc(C(=O)O)c3n2)C1. The smallest absolute Gasteiger partial charge is 0.339 e. The van der Waals surface area contributed by atoms with Gasteiger partial charge in [0.1, 0.15) is 5.56 Å². The van der Waals surface area contributed by atoms with Crippen molar-refractivity contribution in [1.82, 2.24) is 14.3 Å². The molecule has 2 aromatic heterocycles. The molecule has 5 nitrogen and oxygen atoms in total. The number of hydrogen-bond acceptors (Lipinski definition) is 3. The first-order valence-corrected chi connectivity index (χ1v) is 7.59. The second-order valence-corrected chi connectivity index (χ2v) is 5.80. The van der Waals surface area contributed by atoms with E-state index in [1.165, 1.54) is 19.4 Å². The Kier molecular flexibility index (Phi) is 3.92. The summed E-state index contributed by atoms with van der Waals surface area (Å²) in [6, 6.07) is 3.36. The number of hydrogen-bond donors (Lipinski definition) is 1. The van der Waals surface area contributed by atoms with Crippen LogP contribution in [0.3, 0.4) is 0 Å². The minimum Gasteiger partial charge on any atom is -0.478 e. The van der Waals surface area contributed by atoms with Crippen LogP contribution in [0.1, 0.15) is 35.8 Å². The van der Waals surface area contributed by atoms with Crippen LogP contribution in [0.2, 0.25) is 0 Å². The zero-order valence-electron chi connectivity index (χ0n) is 12.3. The summed E-state index contributed by atoms with van der Waals surface area (Å²) in [5, 5.41) is 9.22. The van der Waals surface area contributed by atoms with Crippen LogP contribution in [-0.4, -0.2) is 45.0 Å². The van der Waals surface area contributed by atoms with Crippen LogP contribution in [0.5, 0.6) is 0 Å². The highest BCUT2D eigenvalue weighted by atomic mass is 16.4. The number of imidazole rings is 1. The molecule has 2 aromatic rings. The number of fused-ring (bicyclic) bond motifs is 1. The van der Waals surface area contributed by atoms with Crippen molar-refractivity contribution in [2.45, 2.75) is 26.2 Å². The third-order valence-corrected chi connectivity index (χ3v) is 4.31. The standard InChI is InChI=1S/C16H21N3O2/c1-2-18-7-3-5-12(10-18)9-13-11-19-8-4-6-14(16(20)21)15(19)17-13/h4,6,8,11-12H,2-3,5,7,9-10H2,1H3,(H,20,21). The summed E-state index contributed by atoms with van der Waals surface area (Å²) in [7, 11) is 0. The summed E-state index contributed by atoms with van der Waals surface area (Å²) in [6.45, 7) is 5.62. The van der Waals surface area contributed by atoms with Gasteiger partial charge in [-0.1, -0.05) is 6.92 Å². The van der Waals surface area contributed by atoms with Crippen LogP contribution in [0.4, 0.5) is 0 Å². The van der Waals surface area contributed by atoms with E-state index in [1.54, 1.807) is 12.1 Å². The first-order valence-electron chi connectivity index (χ1n) is 7.59. The number of pyridine rings is 1. The maximum absolute atomic E-state index is 11.2. The Morgan fingerprint density at radius 1 is 1.52 bits per heavy atom. The number of nitrogens with zero attached hydrogens (tertiary/aromatic N) is 3. The minimum absolute atomic E-state index is 0.266. The fourth-order valence-electron chi connectivity index (χ4n) is 3.23. The lowest BCUT2D eigenvalue weighted by Gasteiger charge is -2.31. The highest BCUT2D eigenvalue weighted by molar-refractivity contribution is 5.94. The molecule has 0 bridgehead atoms. The number of carbonyl (C=O) groups is 1. The van der Waals surface area contributed by atoms with Crippen molar-refractivity contribution in [3.05, 3.63) is 35.8 Å². The van der Waals surface area contributed by atoms with Crippen molar-refractivity contribution in [1.29, 1.82) is 0 Å². The van der Waals surface area contributed by atoms with E-state index in [9.17, 15) is 9.90 Å². The first-order chi connectivity index (χ1) is 10.2. The molecule has 0 spiro atoms. The third kappa shape index (κ3) is 2.93. The molecular formula is C16H21N3O2. The van der Waals surface area contributed by atoms with Crippen molar-refractivity contribution < 1.29 is 9.90 Å². The Morgan fingerprint density at radius 3 is 3.14 bits per heavy atom. The van der Waals surface area contributed by atoms with E-state index in [-0.39, 0.29) is 5.56 Å². The molecule has 0 saturated carbocycles. The van der Waals surface area contributed by atoms with Crippen LogP contribution in [0.15, 0.2) is 24.5 Å². The van der Waals surface area contributed by atoms with Gasteiger partial charge in [0.2, 0.25) is 0 Å². The van der Waals surface area contributed by atoms with Gasteiger partial charge in [-0.3, -0.25) is 0 Å². The van der Waals surface area contributed by atoms with Gasteiger partial charge in [0.05, 0.1) is 5.69 Å². The molecule has 5 heteroatoms. The topological polar surface area (TPSA) is 57.8 Å². The van der Waals surface area contributed by atoms with E-state index >= 15 is 0 Å². The van der Waals surface area contributed by atoms with E-state index in [2.05, 4.69) is 16.8 Å². The van der Waals surface area contributed by atoms with Crippen LogP contribution < -0.4 is 0 Å². The quantitative estimate of drug-likeness (QED) is 0.937. The van der Waals surface area contributed by atoms with Crippen molar-refractivity contribution in [3.63, 3.8) is 0 Å². The highest BCUT2D eigenvalue weighted by Crippen LogP contribution is 2.21. The molecule has 3 heterocycles. The summed E-state index contributed by atoms with van der Waals surface area (Å²) in [4.78, 5) is 18.3. The van der Waals surface area contributed by atoms with E-state index in [0.717, 1.165) is 25.2 Å². The average Bonchev–Trinajstić information content (AvgIpc) is 2.89. The van der Waals surface area contributed by atoms with Gasteiger partial charge in [0, 0.05) is 18.9 Å². The number of carboxylic acid groups (broad SMARTS) is 1. The fraction of sp³-hybridized carbons (Fsp3) is 0.500. The van der Waals surface area contributed by atoms with Crippen molar-refractivity contribution in [2.75, 3.05) is 19.6 Å². The number of rotatable bonds is 4. The fourth-order valence-corrected chi connectivity index (χ4v) is 3.23. The second-order valence-electron chi connectivity index (χ2n) is 5.80. The molecule has 1 fully saturated rings. The van der Waals surface area contributed by atoms with E-state index in [0.29, 0.717) is 11.6 Å². The molecule has 21 heavy (non-hydrogen) atoms. The van der Waals surface area contributed by atoms with Crippen molar-refractivity contribution >= 4 is 11.6 Å². The van der Waals surface area contributed by atoms with Gasteiger partial charge in [-0.25, -0.2) is 9.78 Å². The van der Waals surface area contributed by atoms with Gasteiger partial charge in [-0.2, -0.15) is 0 Å². The molecule has 0 aliphatic carbocycles. The van der Waals surface area contributed by atoms with Crippen molar-refractivity contribution in [2.24, 2.45) is 5.92 Å². The average molecular weight is 287 g/mol. The van der Waals surface area contributed by atoms with E-state index in [4.69, 9.17) is 0 Å². The Morgan fingerprint density at radius 2 is 2.38 bits per heavy atom.